The minimum atomic E-state index is -1.15. The van der Waals surface area contributed by atoms with Crippen molar-refractivity contribution in [3.8, 4) is 17.0 Å². The van der Waals surface area contributed by atoms with Gasteiger partial charge < -0.3 is 14.8 Å². The molecule has 0 aliphatic rings. The first-order valence-corrected chi connectivity index (χ1v) is 8.53. The number of phenolic OH excluding ortho intramolecular Hbond substituents is 1. The summed E-state index contributed by atoms with van der Waals surface area (Å²) in [5, 5.41) is 20.1. The smallest absolute Gasteiger partial charge is 0.338 e. The van der Waals surface area contributed by atoms with Gasteiger partial charge in [-0.1, -0.05) is 30.3 Å². The number of carboxylic acid groups (broad SMARTS) is 1. The quantitative estimate of drug-likeness (QED) is 0.522. The lowest BCUT2D eigenvalue weighted by Gasteiger charge is -2.12. The fourth-order valence-electron chi connectivity index (χ4n) is 3.50. The van der Waals surface area contributed by atoms with E-state index in [2.05, 4.69) is 0 Å². The van der Waals surface area contributed by atoms with Crippen LogP contribution < -0.4 is 0 Å². The summed E-state index contributed by atoms with van der Waals surface area (Å²) in [5.74, 6) is -2.63. The number of aromatic nitrogens is 1. The Kier molecular flexibility index (Phi) is 4.31. The van der Waals surface area contributed by atoms with Crippen LogP contribution in [0.3, 0.4) is 0 Å². The van der Waals surface area contributed by atoms with Gasteiger partial charge in [-0.3, -0.25) is 0 Å². The van der Waals surface area contributed by atoms with Crippen molar-refractivity contribution in [2.45, 2.75) is 6.54 Å². The Hall–Kier alpha value is -3.67. The Morgan fingerprint density at radius 2 is 1.61 bits per heavy atom. The van der Waals surface area contributed by atoms with Crippen molar-refractivity contribution >= 4 is 16.9 Å². The largest absolute Gasteiger partial charge is 0.508 e. The highest BCUT2D eigenvalue weighted by molar-refractivity contribution is 6.10. The van der Waals surface area contributed by atoms with Gasteiger partial charge in [0, 0.05) is 23.5 Å². The number of halogens is 2. The molecule has 1 aromatic heterocycles. The van der Waals surface area contributed by atoms with Crippen LogP contribution in [-0.2, 0) is 6.54 Å². The molecule has 0 amide bonds. The molecule has 0 saturated heterocycles. The van der Waals surface area contributed by atoms with Crippen molar-refractivity contribution in [1.29, 1.82) is 0 Å². The first-order valence-electron chi connectivity index (χ1n) is 8.53. The summed E-state index contributed by atoms with van der Waals surface area (Å²) in [6, 6.07) is 16.5. The number of aromatic hydroxyl groups is 1. The number of phenols is 1. The number of carboxylic acids is 1. The van der Waals surface area contributed by atoms with Crippen LogP contribution in [0.2, 0.25) is 0 Å². The fourth-order valence-corrected chi connectivity index (χ4v) is 3.50. The highest BCUT2D eigenvalue weighted by Crippen LogP contribution is 2.36. The lowest BCUT2D eigenvalue weighted by atomic mass is 10.0. The molecule has 2 N–H and O–H groups in total. The molecule has 0 aliphatic heterocycles. The maximum atomic E-state index is 13.7. The predicted molar refractivity (Wildman–Crippen MR) is 101 cm³/mol. The van der Waals surface area contributed by atoms with Crippen molar-refractivity contribution in [3.05, 3.63) is 89.5 Å². The van der Waals surface area contributed by atoms with Gasteiger partial charge >= 0.3 is 5.97 Å². The number of fused-ring (bicyclic) bond motifs is 1. The van der Waals surface area contributed by atoms with Crippen molar-refractivity contribution < 1.29 is 23.8 Å². The molecule has 0 bridgehead atoms. The molecule has 140 valence electrons. The summed E-state index contributed by atoms with van der Waals surface area (Å²) >= 11 is 0. The summed E-state index contributed by atoms with van der Waals surface area (Å²) < 4.78 is 29.1. The molecule has 0 spiro atoms. The van der Waals surface area contributed by atoms with Crippen LogP contribution in [-0.4, -0.2) is 20.7 Å². The average molecular weight is 379 g/mol. The molecule has 4 rings (SSSR count). The first-order chi connectivity index (χ1) is 13.4. The van der Waals surface area contributed by atoms with Crippen molar-refractivity contribution in [3.63, 3.8) is 0 Å². The number of benzene rings is 3. The van der Waals surface area contributed by atoms with Crippen LogP contribution in [0, 0.1) is 11.6 Å². The predicted octanol–water partition coefficient (Wildman–Crippen LogP) is 5.04. The van der Waals surface area contributed by atoms with Crippen LogP contribution in [0.4, 0.5) is 8.78 Å². The second-order valence-corrected chi connectivity index (χ2v) is 6.46. The van der Waals surface area contributed by atoms with E-state index in [0.717, 1.165) is 6.07 Å². The lowest BCUT2D eigenvalue weighted by Crippen LogP contribution is -2.05. The third-order valence-corrected chi connectivity index (χ3v) is 4.57. The summed E-state index contributed by atoms with van der Waals surface area (Å²) in [6.07, 6.45) is 0. The monoisotopic (exact) mass is 379 g/mol. The number of hydrogen-bond donors (Lipinski definition) is 2. The number of carbonyl (C=O) groups is 1. The van der Waals surface area contributed by atoms with Gasteiger partial charge in [-0.15, -0.1) is 0 Å². The highest BCUT2D eigenvalue weighted by Gasteiger charge is 2.24. The molecule has 0 fully saturated rings. The van der Waals surface area contributed by atoms with Crippen molar-refractivity contribution in [2.75, 3.05) is 0 Å². The topological polar surface area (TPSA) is 62.5 Å². The minimum absolute atomic E-state index is 0.0222. The molecule has 0 saturated carbocycles. The van der Waals surface area contributed by atoms with Crippen molar-refractivity contribution in [1.82, 2.24) is 4.57 Å². The molecule has 0 unspecified atom stereocenters. The zero-order valence-electron chi connectivity index (χ0n) is 14.6. The van der Waals surface area contributed by atoms with Crippen LogP contribution in [0.15, 0.2) is 66.7 Å². The molecular weight excluding hydrogens is 364 g/mol. The second kappa shape index (κ2) is 6.81. The Morgan fingerprint density at radius 3 is 2.25 bits per heavy atom. The molecule has 4 aromatic rings. The van der Waals surface area contributed by atoms with Gasteiger partial charge in [0.05, 0.1) is 11.3 Å². The Bertz CT molecular complexity index is 1180. The zero-order chi connectivity index (χ0) is 19.8. The minimum Gasteiger partial charge on any atom is -0.508 e. The van der Waals surface area contributed by atoms with Crippen LogP contribution in [0.1, 0.15) is 15.9 Å². The van der Waals surface area contributed by atoms with E-state index >= 15 is 0 Å². The SMILES string of the molecule is O=C(O)c1c(-c2ccccc2)n(Cc2cc(F)cc(F)c2)c2ccc(O)cc12. The first kappa shape index (κ1) is 17.7. The highest BCUT2D eigenvalue weighted by atomic mass is 19.1. The standard InChI is InChI=1S/C22H15F2NO3/c23-15-8-13(9-16(24)10-15)12-25-19-7-6-17(26)11-18(19)20(22(27)28)21(25)14-4-2-1-3-5-14/h1-11,26H,12H2,(H,27,28). The van der Waals surface area contributed by atoms with Gasteiger partial charge in [-0.25, -0.2) is 13.6 Å². The Morgan fingerprint density at radius 1 is 0.929 bits per heavy atom. The van der Waals surface area contributed by atoms with Crippen LogP contribution >= 0.6 is 0 Å². The molecule has 28 heavy (non-hydrogen) atoms. The molecule has 1 heterocycles. The van der Waals surface area contributed by atoms with Gasteiger partial charge in [0.25, 0.3) is 0 Å². The second-order valence-electron chi connectivity index (χ2n) is 6.46. The van der Waals surface area contributed by atoms with Gasteiger partial charge in [-0.2, -0.15) is 0 Å². The van der Waals surface area contributed by atoms with Gasteiger partial charge in [-0.05, 0) is 41.5 Å². The van der Waals surface area contributed by atoms with E-state index in [-0.39, 0.29) is 17.9 Å². The lowest BCUT2D eigenvalue weighted by molar-refractivity contribution is 0.0699. The van der Waals surface area contributed by atoms with Gasteiger partial charge in [0.2, 0.25) is 0 Å². The van der Waals surface area contributed by atoms with E-state index in [9.17, 15) is 23.8 Å². The van der Waals surface area contributed by atoms with Crippen LogP contribution in [0.25, 0.3) is 22.2 Å². The number of hydrogen-bond acceptors (Lipinski definition) is 2. The normalized spacial score (nSPS) is 11.1. The fraction of sp³-hybridized carbons (Fsp3) is 0.0455. The summed E-state index contributed by atoms with van der Waals surface area (Å²) in [5.41, 5.74) is 1.97. The van der Waals surface area contributed by atoms with Gasteiger partial charge in [0.1, 0.15) is 17.4 Å². The average Bonchev–Trinajstić information content (AvgIpc) is 2.95. The molecule has 4 nitrogen and oxygen atoms in total. The third-order valence-electron chi connectivity index (χ3n) is 4.57. The molecule has 0 atom stereocenters. The number of nitrogens with zero attached hydrogens (tertiary/aromatic N) is 1. The molecular formula is C22H15F2NO3. The molecule has 6 heteroatoms. The van der Waals surface area contributed by atoms with E-state index in [4.69, 9.17) is 0 Å². The molecule has 0 radical (unpaired) electrons. The number of aromatic carboxylic acids is 1. The summed E-state index contributed by atoms with van der Waals surface area (Å²) in [6.45, 7) is 0.0630. The van der Waals surface area contributed by atoms with E-state index in [1.807, 2.05) is 6.07 Å². The maximum Gasteiger partial charge on any atom is 0.338 e. The third kappa shape index (κ3) is 3.09. The zero-order valence-corrected chi connectivity index (χ0v) is 14.6. The maximum absolute atomic E-state index is 13.7. The van der Waals surface area contributed by atoms with E-state index in [0.29, 0.717) is 27.7 Å². The van der Waals surface area contributed by atoms with E-state index in [1.165, 1.54) is 24.3 Å². The van der Waals surface area contributed by atoms with Gasteiger partial charge in [0.15, 0.2) is 0 Å². The number of rotatable bonds is 4. The Balaban J connectivity index is 2.04. The van der Waals surface area contributed by atoms with E-state index in [1.54, 1.807) is 34.9 Å². The molecule has 3 aromatic carbocycles. The van der Waals surface area contributed by atoms with Crippen molar-refractivity contribution in [2.24, 2.45) is 0 Å². The summed E-state index contributed by atoms with van der Waals surface area (Å²) in [4.78, 5) is 12.1. The Labute approximate surface area is 158 Å². The molecule has 0 aliphatic carbocycles. The van der Waals surface area contributed by atoms with E-state index < -0.39 is 17.6 Å². The summed E-state index contributed by atoms with van der Waals surface area (Å²) in [7, 11) is 0. The van der Waals surface area contributed by atoms with Crippen LogP contribution in [0.5, 0.6) is 5.75 Å².